The molecular weight excluding hydrogens is 282 g/mol. The molecule has 0 N–H and O–H groups in total. The number of benzene rings is 1. The van der Waals surface area contributed by atoms with E-state index in [-0.39, 0.29) is 0 Å². The molecule has 0 heterocycles. The van der Waals surface area contributed by atoms with Gasteiger partial charge in [-0.1, -0.05) is 50.7 Å². The highest BCUT2D eigenvalue weighted by atomic mass is 19.2. The van der Waals surface area contributed by atoms with Crippen LogP contribution in [0.2, 0.25) is 0 Å². The van der Waals surface area contributed by atoms with Crippen molar-refractivity contribution >= 4 is 5.78 Å². The Bertz CT molecular complexity index is 419. The zero-order chi connectivity index (χ0) is 15.8. The average Bonchev–Trinajstić information content (AvgIpc) is 2.59. The van der Waals surface area contributed by atoms with Gasteiger partial charge < -0.3 is 0 Å². The van der Waals surface area contributed by atoms with Gasteiger partial charge in [0.15, 0.2) is 11.6 Å². The number of hydrogen-bond donors (Lipinski definition) is 0. The second-order valence-electron chi connectivity index (χ2n) is 6.49. The van der Waals surface area contributed by atoms with Gasteiger partial charge in [0.1, 0.15) is 5.78 Å². The van der Waals surface area contributed by atoms with E-state index in [9.17, 15) is 13.6 Å². The van der Waals surface area contributed by atoms with Crippen LogP contribution in [-0.2, 0) is 4.79 Å². The Balaban J connectivity index is 0.000000188. The predicted octanol–water partition coefficient (Wildman–Crippen LogP) is 5.68. The van der Waals surface area contributed by atoms with Gasteiger partial charge in [0, 0.05) is 11.8 Å². The lowest BCUT2D eigenvalue weighted by molar-refractivity contribution is -0.128. The highest BCUT2D eigenvalue weighted by Gasteiger charge is 2.28. The van der Waals surface area contributed by atoms with Crippen LogP contribution in [0.25, 0.3) is 0 Å². The minimum absolute atomic E-state index is 0.451. The minimum atomic E-state index is -0.799. The molecule has 22 heavy (non-hydrogen) atoms. The molecule has 3 rings (SSSR count). The topological polar surface area (TPSA) is 17.1 Å². The zero-order valence-electron chi connectivity index (χ0n) is 13.2. The van der Waals surface area contributed by atoms with E-state index in [2.05, 4.69) is 0 Å². The molecule has 2 aliphatic rings. The second-order valence-corrected chi connectivity index (χ2v) is 6.49. The summed E-state index contributed by atoms with van der Waals surface area (Å²) in [6.45, 7) is 0. The van der Waals surface area contributed by atoms with E-state index < -0.39 is 11.6 Å². The van der Waals surface area contributed by atoms with Crippen LogP contribution in [0.15, 0.2) is 24.3 Å². The highest BCUT2D eigenvalue weighted by molar-refractivity contribution is 5.83. The maximum Gasteiger partial charge on any atom is 0.158 e. The van der Waals surface area contributed by atoms with Gasteiger partial charge in [0.05, 0.1) is 0 Å². The smallest absolute Gasteiger partial charge is 0.158 e. The molecule has 2 fully saturated rings. The molecule has 0 saturated heterocycles. The number of hydrogen-bond acceptors (Lipinski definition) is 1. The summed E-state index contributed by atoms with van der Waals surface area (Å²) in [5.41, 5.74) is 0. The minimum Gasteiger partial charge on any atom is -0.299 e. The van der Waals surface area contributed by atoms with Crippen LogP contribution in [0.4, 0.5) is 8.78 Å². The Morgan fingerprint density at radius 2 is 1.09 bits per heavy atom. The van der Waals surface area contributed by atoms with Crippen LogP contribution in [-0.4, -0.2) is 5.78 Å². The van der Waals surface area contributed by atoms with Gasteiger partial charge in [0.25, 0.3) is 0 Å². The van der Waals surface area contributed by atoms with Crippen molar-refractivity contribution in [3.8, 4) is 0 Å². The van der Waals surface area contributed by atoms with Gasteiger partial charge in [-0.2, -0.15) is 0 Å². The van der Waals surface area contributed by atoms with E-state index >= 15 is 0 Å². The van der Waals surface area contributed by atoms with Gasteiger partial charge in [-0.15, -0.1) is 0 Å². The SMILES string of the molecule is Fc1ccccc1F.O=C(C1CCCCC1)C1CCCCC1. The number of carbonyl (C=O) groups excluding carboxylic acids is 1. The normalized spacial score (nSPS) is 20.1. The molecule has 1 aromatic carbocycles. The maximum absolute atomic E-state index is 12.2. The van der Waals surface area contributed by atoms with Crippen molar-refractivity contribution in [3.05, 3.63) is 35.9 Å². The predicted molar refractivity (Wildman–Crippen MR) is 84.5 cm³/mol. The molecule has 0 atom stereocenters. The molecule has 1 aromatic rings. The summed E-state index contributed by atoms with van der Waals surface area (Å²) in [6.07, 6.45) is 12.6. The molecule has 0 radical (unpaired) electrons. The lowest BCUT2D eigenvalue weighted by Gasteiger charge is -2.27. The van der Waals surface area contributed by atoms with Gasteiger partial charge >= 0.3 is 0 Å². The summed E-state index contributed by atoms with van der Waals surface area (Å²) in [6, 6.07) is 5.04. The van der Waals surface area contributed by atoms with Crippen LogP contribution < -0.4 is 0 Å². The largest absolute Gasteiger partial charge is 0.299 e. The Hall–Kier alpha value is -1.25. The quantitative estimate of drug-likeness (QED) is 0.687. The molecule has 0 amide bonds. The van der Waals surface area contributed by atoms with E-state index in [4.69, 9.17) is 0 Å². The molecule has 1 nitrogen and oxygen atoms in total. The van der Waals surface area contributed by atoms with E-state index in [0.717, 1.165) is 12.1 Å². The molecule has 2 aliphatic carbocycles. The number of ketones is 1. The molecule has 3 heteroatoms. The molecule has 0 aliphatic heterocycles. The van der Waals surface area contributed by atoms with E-state index in [1.54, 1.807) is 0 Å². The van der Waals surface area contributed by atoms with Crippen LogP contribution in [0.3, 0.4) is 0 Å². The van der Waals surface area contributed by atoms with Crippen molar-refractivity contribution in [1.29, 1.82) is 0 Å². The molecule has 2 saturated carbocycles. The third-order valence-electron chi connectivity index (χ3n) is 4.84. The van der Waals surface area contributed by atoms with Gasteiger partial charge in [0.2, 0.25) is 0 Å². The molecule has 0 spiro atoms. The summed E-state index contributed by atoms with van der Waals surface area (Å²) in [5.74, 6) is -0.0666. The number of carbonyl (C=O) groups is 1. The summed E-state index contributed by atoms with van der Waals surface area (Å²) < 4.78 is 23.9. The monoisotopic (exact) mass is 308 g/mol. The van der Waals surface area contributed by atoms with Gasteiger partial charge in [-0.3, -0.25) is 4.79 Å². The standard InChI is InChI=1S/C13H22O.C6H4F2/c14-13(11-7-3-1-4-8-11)12-9-5-2-6-10-12;7-5-3-1-2-4-6(5)8/h11-12H,1-10H2;1-4H. The first-order chi connectivity index (χ1) is 10.7. The van der Waals surface area contributed by atoms with Gasteiger partial charge in [-0.25, -0.2) is 8.78 Å². The van der Waals surface area contributed by atoms with E-state index in [1.807, 2.05) is 0 Å². The van der Waals surface area contributed by atoms with Crippen LogP contribution in [0.1, 0.15) is 64.2 Å². The average molecular weight is 308 g/mol. The van der Waals surface area contributed by atoms with E-state index in [1.165, 1.54) is 76.3 Å². The van der Waals surface area contributed by atoms with Crippen molar-refractivity contribution in [1.82, 2.24) is 0 Å². The Morgan fingerprint density at radius 3 is 1.41 bits per heavy atom. The van der Waals surface area contributed by atoms with Crippen molar-refractivity contribution in [2.75, 3.05) is 0 Å². The summed E-state index contributed by atoms with van der Waals surface area (Å²) in [7, 11) is 0. The lowest BCUT2D eigenvalue weighted by Crippen LogP contribution is -2.27. The molecule has 0 bridgehead atoms. The zero-order valence-corrected chi connectivity index (χ0v) is 13.2. The number of Topliss-reactive ketones (excluding diaryl/α,β-unsaturated/α-hetero) is 1. The van der Waals surface area contributed by atoms with Crippen molar-refractivity contribution in [3.63, 3.8) is 0 Å². The van der Waals surface area contributed by atoms with Crippen LogP contribution in [0.5, 0.6) is 0 Å². The third-order valence-corrected chi connectivity index (χ3v) is 4.84. The molecule has 0 unspecified atom stereocenters. The lowest BCUT2D eigenvalue weighted by atomic mass is 9.77. The second kappa shape index (κ2) is 9.02. The summed E-state index contributed by atoms with van der Waals surface area (Å²) in [4.78, 5) is 12.2. The Labute approximate surface area is 132 Å². The third kappa shape index (κ3) is 5.19. The first kappa shape index (κ1) is 17.1. The van der Waals surface area contributed by atoms with Gasteiger partial charge in [-0.05, 0) is 37.8 Å². The Morgan fingerprint density at radius 1 is 0.727 bits per heavy atom. The van der Waals surface area contributed by atoms with Crippen LogP contribution in [0, 0.1) is 23.5 Å². The van der Waals surface area contributed by atoms with Crippen LogP contribution >= 0.6 is 0 Å². The molecule has 0 aromatic heterocycles. The van der Waals surface area contributed by atoms with Crippen molar-refractivity contribution < 1.29 is 13.6 Å². The highest BCUT2D eigenvalue weighted by Crippen LogP contribution is 2.32. The fraction of sp³-hybridized carbons (Fsp3) is 0.632. The summed E-state index contributed by atoms with van der Waals surface area (Å²) >= 11 is 0. The number of halogens is 2. The fourth-order valence-corrected chi connectivity index (χ4v) is 3.55. The fourth-order valence-electron chi connectivity index (χ4n) is 3.55. The first-order valence-corrected chi connectivity index (χ1v) is 8.62. The van der Waals surface area contributed by atoms with Crippen molar-refractivity contribution in [2.45, 2.75) is 64.2 Å². The Kier molecular flexibility index (Phi) is 7.01. The number of rotatable bonds is 2. The first-order valence-electron chi connectivity index (χ1n) is 8.62. The molecule has 122 valence electrons. The van der Waals surface area contributed by atoms with Crippen molar-refractivity contribution in [2.24, 2.45) is 11.8 Å². The maximum atomic E-state index is 12.2. The van der Waals surface area contributed by atoms with E-state index in [0.29, 0.717) is 17.6 Å². The molecular formula is C19H26F2O. The summed E-state index contributed by atoms with van der Waals surface area (Å²) in [5, 5.41) is 0.